The maximum Gasteiger partial charge on any atom is 0.290 e. The van der Waals surface area contributed by atoms with Gasteiger partial charge in [0.15, 0.2) is 16.9 Å². The average Bonchev–Trinajstić information content (AvgIpc) is 3.19. The van der Waals surface area contributed by atoms with Gasteiger partial charge in [-0.2, -0.15) is 0 Å². The summed E-state index contributed by atoms with van der Waals surface area (Å²) < 4.78 is 23.1. The molecular weight excluding hydrogens is 460 g/mol. The smallest absolute Gasteiger partial charge is 0.290 e. The van der Waals surface area contributed by atoms with Crippen molar-refractivity contribution in [2.24, 2.45) is 0 Å². The van der Waals surface area contributed by atoms with Gasteiger partial charge in [0, 0.05) is 26.2 Å². The van der Waals surface area contributed by atoms with Gasteiger partial charge in [0.05, 0.1) is 36.8 Å². The first-order valence-electron chi connectivity index (χ1n) is 12.3. The van der Waals surface area contributed by atoms with E-state index in [1.807, 2.05) is 25.1 Å². The molecule has 0 aliphatic carbocycles. The third kappa shape index (κ3) is 4.50. The first-order chi connectivity index (χ1) is 17.6. The van der Waals surface area contributed by atoms with E-state index in [9.17, 15) is 9.59 Å². The van der Waals surface area contributed by atoms with E-state index >= 15 is 0 Å². The van der Waals surface area contributed by atoms with Crippen LogP contribution < -0.4 is 14.9 Å². The topological polar surface area (TPSA) is 81.5 Å². The average molecular weight is 491 g/mol. The van der Waals surface area contributed by atoms with Crippen LogP contribution in [0.1, 0.15) is 34.6 Å². The number of carbonyl (C=O) groups excluding carboxylic acids is 1. The lowest BCUT2D eigenvalue weighted by Gasteiger charge is -2.31. The van der Waals surface area contributed by atoms with Crippen LogP contribution in [-0.2, 0) is 4.74 Å². The van der Waals surface area contributed by atoms with Gasteiger partial charge in [0.2, 0.25) is 5.76 Å². The number of benzene rings is 2. The maximum atomic E-state index is 13.7. The highest BCUT2D eigenvalue weighted by Crippen LogP contribution is 2.41. The fraction of sp³-hybridized carbons (Fsp3) is 0.357. The summed E-state index contributed by atoms with van der Waals surface area (Å²) in [5.74, 6) is 0.957. The minimum absolute atomic E-state index is 0.107. The van der Waals surface area contributed by atoms with Crippen LogP contribution in [0, 0.1) is 0 Å². The van der Waals surface area contributed by atoms with Gasteiger partial charge in [-0.1, -0.05) is 30.9 Å². The molecule has 1 amide bonds. The molecule has 5 rings (SSSR count). The minimum atomic E-state index is -0.595. The molecule has 0 saturated carbocycles. The van der Waals surface area contributed by atoms with Crippen molar-refractivity contribution in [1.82, 2.24) is 9.80 Å². The number of morpholine rings is 1. The lowest BCUT2D eigenvalue weighted by Crippen LogP contribution is -2.42. The van der Waals surface area contributed by atoms with Crippen LogP contribution in [-0.4, -0.2) is 68.3 Å². The van der Waals surface area contributed by atoms with Crippen LogP contribution >= 0.6 is 0 Å². The van der Waals surface area contributed by atoms with Gasteiger partial charge in [-0.3, -0.25) is 14.5 Å². The number of ether oxygens (including phenoxy) is 3. The SMILES string of the molecule is C=CCOc1ccc(C2c3c(oc4ccccc4c3=O)C(=O)N2CCN2CCOCC2)cc1OCC. The molecule has 1 fully saturated rings. The predicted molar refractivity (Wildman–Crippen MR) is 136 cm³/mol. The molecule has 1 unspecified atom stereocenters. The molecule has 1 saturated heterocycles. The van der Waals surface area contributed by atoms with E-state index in [-0.39, 0.29) is 17.1 Å². The lowest BCUT2D eigenvalue weighted by atomic mass is 9.98. The largest absolute Gasteiger partial charge is 0.490 e. The van der Waals surface area contributed by atoms with E-state index in [1.165, 1.54) is 0 Å². The first-order valence-corrected chi connectivity index (χ1v) is 12.3. The van der Waals surface area contributed by atoms with Crippen molar-refractivity contribution in [3.05, 3.63) is 82.2 Å². The Balaban J connectivity index is 1.59. The van der Waals surface area contributed by atoms with Gasteiger partial charge < -0.3 is 23.5 Å². The highest BCUT2D eigenvalue weighted by atomic mass is 16.5. The van der Waals surface area contributed by atoms with Crippen molar-refractivity contribution in [3.8, 4) is 11.5 Å². The Morgan fingerprint density at radius 3 is 2.64 bits per heavy atom. The van der Waals surface area contributed by atoms with Gasteiger partial charge in [0.1, 0.15) is 12.2 Å². The van der Waals surface area contributed by atoms with E-state index in [0.29, 0.717) is 67.5 Å². The Morgan fingerprint density at radius 2 is 1.86 bits per heavy atom. The zero-order valence-electron chi connectivity index (χ0n) is 20.4. The molecule has 0 radical (unpaired) electrons. The van der Waals surface area contributed by atoms with Crippen LogP contribution in [0.25, 0.3) is 11.0 Å². The van der Waals surface area contributed by atoms with Crippen molar-refractivity contribution in [2.75, 3.05) is 52.6 Å². The van der Waals surface area contributed by atoms with Crippen molar-refractivity contribution in [1.29, 1.82) is 0 Å². The van der Waals surface area contributed by atoms with E-state index in [0.717, 1.165) is 18.7 Å². The molecule has 3 heterocycles. The molecule has 3 aromatic rings. The second-order valence-electron chi connectivity index (χ2n) is 8.76. The fourth-order valence-corrected chi connectivity index (χ4v) is 4.85. The van der Waals surface area contributed by atoms with Crippen molar-refractivity contribution in [3.63, 3.8) is 0 Å². The highest BCUT2D eigenvalue weighted by Gasteiger charge is 2.43. The minimum Gasteiger partial charge on any atom is -0.490 e. The molecular formula is C28H30N2O6. The standard InChI is InChI=1S/C28H30N2O6/c1-3-15-35-22-10-9-19(18-23(22)34-4-2)25-24-26(31)20-7-5-6-8-21(20)36-27(24)28(32)30(25)12-11-29-13-16-33-17-14-29/h3,5-10,18,25H,1,4,11-17H2,2H3. The van der Waals surface area contributed by atoms with Crippen LogP contribution in [0.2, 0.25) is 0 Å². The van der Waals surface area contributed by atoms with E-state index < -0.39 is 6.04 Å². The third-order valence-corrected chi connectivity index (χ3v) is 6.57. The lowest BCUT2D eigenvalue weighted by molar-refractivity contribution is 0.0314. The fourth-order valence-electron chi connectivity index (χ4n) is 4.85. The molecule has 0 bridgehead atoms. The second kappa shape index (κ2) is 10.6. The first kappa shape index (κ1) is 24.1. The molecule has 0 spiro atoms. The van der Waals surface area contributed by atoms with Gasteiger partial charge in [-0.05, 0) is 36.8 Å². The molecule has 2 aliphatic heterocycles. The Morgan fingerprint density at radius 1 is 1.06 bits per heavy atom. The summed E-state index contributed by atoms with van der Waals surface area (Å²) in [5.41, 5.74) is 1.35. The molecule has 36 heavy (non-hydrogen) atoms. The monoisotopic (exact) mass is 490 g/mol. The summed E-state index contributed by atoms with van der Waals surface area (Å²) in [6.45, 7) is 10.5. The van der Waals surface area contributed by atoms with Crippen LogP contribution in [0.3, 0.4) is 0 Å². The summed E-state index contributed by atoms with van der Waals surface area (Å²) in [5, 5.41) is 0.458. The van der Waals surface area contributed by atoms with Crippen molar-refractivity contribution in [2.45, 2.75) is 13.0 Å². The van der Waals surface area contributed by atoms with Crippen LogP contribution in [0.5, 0.6) is 11.5 Å². The molecule has 188 valence electrons. The Hall–Kier alpha value is -3.62. The number of amides is 1. The number of fused-ring (bicyclic) bond motifs is 2. The van der Waals surface area contributed by atoms with Crippen LogP contribution in [0.15, 0.2) is 64.3 Å². The van der Waals surface area contributed by atoms with E-state index in [1.54, 1.807) is 35.2 Å². The number of carbonyl (C=O) groups is 1. The van der Waals surface area contributed by atoms with E-state index in [4.69, 9.17) is 18.6 Å². The molecule has 1 atom stereocenters. The van der Waals surface area contributed by atoms with Gasteiger partial charge in [0.25, 0.3) is 5.91 Å². The summed E-state index contributed by atoms with van der Waals surface area (Å²) in [6.07, 6.45) is 1.67. The molecule has 2 aromatic carbocycles. The molecule has 2 aliphatic rings. The van der Waals surface area contributed by atoms with Crippen molar-refractivity contribution < 1.29 is 23.4 Å². The third-order valence-electron chi connectivity index (χ3n) is 6.57. The number of hydrogen-bond donors (Lipinski definition) is 0. The second-order valence-corrected chi connectivity index (χ2v) is 8.76. The van der Waals surface area contributed by atoms with Gasteiger partial charge in [-0.15, -0.1) is 0 Å². The zero-order chi connectivity index (χ0) is 25.1. The van der Waals surface area contributed by atoms with Gasteiger partial charge >= 0.3 is 0 Å². The predicted octanol–water partition coefficient (Wildman–Crippen LogP) is 3.63. The van der Waals surface area contributed by atoms with E-state index in [2.05, 4.69) is 11.5 Å². The van der Waals surface area contributed by atoms with Gasteiger partial charge in [-0.25, -0.2) is 0 Å². The summed E-state index contributed by atoms with van der Waals surface area (Å²) >= 11 is 0. The summed E-state index contributed by atoms with van der Waals surface area (Å²) in [7, 11) is 0. The molecule has 0 N–H and O–H groups in total. The maximum absolute atomic E-state index is 13.7. The quantitative estimate of drug-likeness (QED) is 0.424. The van der Waals surface area contributed by atoms with Crippen LogP contribution in [0.4, 0.5) is 0 Å². The zero-order valence-corrected chi connectivity index (χ0v) is 20.4. The Labute approximate surface area is 209 Å². The summed E-state index contributed by atoms with van der Waals surface area (Å²) in [6, 6.07) is 12.0. The Bertz CT molecular complexity index is 1330. The number of nitrogens with zero attached hydrogens (tertiary/aromatic N) is 2. The molecule has 8 nitrogen and oxygen atoms in total. The molecule has 1 aromatic heterocycles. The highest BCUT2D eigenvalue weighted by molar-refractivity contribution is 5.99. The Kier molecular flexibility index (Phi) is 7.06. The number of para-hydroxylation sites is 1. The molecule has 8 heteroatoms. The number of hydrogen-bond acceptors (Lipinski definition) is 7. The summed E-state index contributed by atoms with van der Waals surface area (Å²) in [4.78, 5) is 31.3. The normalized spacial score (nSPS) is 17.9. The number of rotatable bonds is 9. The van der Waals surface area contributed by atoms with Crippen molar-refractivity contribution >= 4 is 16.9 Å².